The Bertz CT molecular complexity index is 1140. The van der Waals surface area contributed by atoms with Gasteiger partial charge in [0.1, 0.15) is 0 Å². The van der Waals surface area contributed by atoms with Gasteiger partial charge in [0.05, 0.1) is 0 Å². The van der Waals surface area contributed by atoms with Gasteiger partial charge in [0.2, 0.25) is 0 Å². The number of unbranched alkanes of at least 4 members (excludes halogenated alkanes) is 4. The zero-order valence-electron chi connectivity index (χ0n) is 28.3. The van der Waals surface area contributed by atoms with E-state index in [1.165, 1.54) is 87.1 Å². The molecule has 0 radical (unpaired) electrons. The molecule has 2 aliphatic carbocycles. The van der Waals surface area contributed by atoms with E-state index in [1.54, 1.807) is 33.4 Å². The van der Waals surface area contributed by atoms with E-state index in [4.69, 9.17) is 0 Å². The predicted octanol–water partition coefficient (Wildman–Crippen LogP) is 6.67. The largest absolute Gasteiger partial charge is 1.00 e. The number of allylic oxidation sites excluding steroid dienone is 2. The Morgan fingerprint density at radius 2 is 0.814 bits per heavy atom. The summed E-state index contributed by atoms with van der Waals surface area (Å²) in [5, 5.41) is 3.87. The minimum atomic E-state index is -1.22. The summed E-state index contributed by atoms with van der Waals surface area (Å²) >= 11 is -1.22. The molecule has 236 valence electrons. The molecule has 0 amide bonds. The second-order valence-corrected chi connectivity index (χ2v) is 22.9. The maximum absolute atomic E-state index is 2.77. The smallest absolute Gasteiger partial charge is 1.00 e. The van der Waals surface area contributed by atoms with E-state index in [1.807, 2.05) is 10.6 Å². The number of fused-ring (bicyclic) bond motifs is 2. The molecule has 43 heavy (non-hydrogen) atoms. The van der Waals surface area contributed by atoms with Crippen LogP contribution in [0.3, 0.4) is 0 Å². The van der Waals surface area contributed by atoms with Crippen molar-refractivity contribution in [2.75, 3.05) is 24.6 Å². The molecule has 0 N–H and O–H groups in total. The molecular weight excluding hydrogens is 768 g/mol. The maximum Gasteiger partial charge on any atom is -1.00 e. The monoisotopic (exact) mass is 824 g/mol. The number of hydrogen-bond donors (Lipinski definition) is 0. The number of benzene rings is 2. The normalized spacial score (nSPS) is 16.8. The van der Waals surface area contributed by atoms with Crippen molar-refractivity contribution in [1.29, 1.82) is 0 Å². The van der Waals surface area contributed by atoms with Crippen molar-refractivity contribution in [2.45, 2.75) is 114 Å². The molecule has 0 nitrogen and oxygen atoms in total. The maximum atomic E-state index is 2.77. The van der Waals surface area contributed by atoms with E-state index in [0.29, 0.717) is 0 Å². The fourth-order valence-corrected chi connectivity index (χ4v) is 24.8. The minimum Gasteiger partial charge on any atom is -1.00 e. The molecule has 5 heteroatoms. The van der Waals surface area contributed by atoms with E-state index < -0.39 is 22.9 Å². The van der Waals surface area contributed by atoms with Crippen LogP contribution in [0, 0.1) is 27.7 Å². The molecule has 2 aromatic carbocycles. The Kier molecular flexibility index (Phi) is 17.5. The molecule has 0 fully saturated rings. The van der Waals surface area contributed by atoms with Crippen LogP contribution in [0.4, 0.5) is 0 Å². The molecule has 0 aliphatic heterocycles. The molecule has 0 spiro atoms. The molecule has 2 aliphatic rings. The second-order valence-electron chi connectivity index (χ2n) is 12.6. The first-order valence-corrected chi connectivity index (χ1v) is 24.3. The summed E-state index contributed by atoms with van der Waals surface area (Å²) in [6.45, 7) is 19.2. The van der Waals surface area contributed by atoms with Crippen molar-refractivity contribution in [3.63, 3.8) is 0 Å². The summed E-state index contributed by atoms with van der Waals surface area (Å²) in [7, 11) is -0.0763. The summed E-state index contributed by atoms with van der Waals surface area (Å²) in [6, 6.07) is 9.70. The zero-order chi connectivity index (χ0) is 29.5. The van der Waals surface area contributed by atoms with Gasteiger partial charge in [0.15, 0.2) is 0 Å². The third kappa shape index (κ3) is 9.19. The van der Waals surface area contributed by atoms with Crippen LogP contribution >= 0.6 is 15.8 Å². The summed E-state index contributed by atoms with van der Waals surface area (Å²) < 4.78 is 1.55. The second kappa shape index (κ2) is 19.1. The first-order chi connectivity index (χ1) is 19.9. The Morgan fingerprint density at radius 3 is 1.12 bits per heavy atom. The number of rotatable bonds is 16. The third-order valence-electron chi connectivity index (χ3n) is 9.39. The minimum absolute atomic E-state index is 0. The Balaban J connectivity index is 0.00000323. The number of halogens is 2. The summed E-state index contributed by atoms with van der Waals surface area (Å²) in [5.41, 5.74) is 13.0. The molecule has 2 unspecified atom stereocenters. The fraction of sp³-hybridized carbons (Fsp3) is 0.579. The first-order valence-electron chi connectivity index (χ1n) is 16.7. The van der Waals surface area contributed by atoms with Crippen LogP contribution in [0.25, 0.3) is 12.2 Å². The fourth-order valence-electron chi connectivity index (χ4n) is 6.80. The molecule has 0 bridgehead atoms. The van der Waals surface area contributed by atoms with E-state index in [2.05, 4.69) is 91.8 Å². The van der Waals surface area contributed by atoms with Gasteiger partial charge < -0.3 is 24.8 Å². The van der Waals surface area contributed by atoms with Crippen LogP contribution in [-0.4, -0.2) is 24.6 Å². The predicted molar refractivity (Wildman–Crippen MR) is 186 cm³/mol. The standard InChI is InChI=1S/2C19H28P.2ClH.Hf/c2*1-5-7-11-20(12-8-6-2)17-13-18-15(3)9-10-16(4)19(18)14-17;;;/h2*9-10,13-14H,5-8,11-12H2,1-4H3;2*1H;/q;;;;+2/p-2. The topological polar surface area (TPSA) is 0 Å². The molecule has 0 saturated heterocycles. The van der Waals surface area contributed by atoms with E-state index in [-0.39, 0.29) is 40.7 Å². The van der Waals surface area contributed by atoms with Crippen LogP contribution in [-0.2, 0) is 22.9 Å². The zero-order valence-corrected chi connectivity index (χ0v) is 35.1. The first kappa shape index (κ1) is 39.4. The van der Waals surface area contributed by atoms with E-state index >= 15 is 0 Å². The van der Waals surface area contributed by atoms with Gasteiger partial charge in [-0.05, 0) is 0 Å². The Morgan fingerprint density at radius 1 is 0.512 bits per heavy atom. The Labute approximate surface area is 291 Å². The average molecular weight is 824 g/mol. The van der Waals surface area contributed by atoms with Crippen LogP contribution in [0.5, 0.6) is 0 Å². The number of hydrogen-bond acceptors (Lipinski definition) is 0. The number of aryl methyl sites for hydroxylation is 4. The van der Waals surface area contributed by atoms with E-state index in [0.717, 1.165) is 7.35 Å². The van der Waals surface area contributed by atoms with Crippen molar-refractivity contribution in [1.82, 2.24) is 0 Å². The molecule has 2 atom stereocenters. The van der Waals surface area contributed by atoms with Crippen molar-refractivity contribution >= 4 is 28.0 Å². The SMILES string of the molecule is CCCCP(CCCC)C1=Cc2c(C)ccc(C)c2[CH]1[Hf+2][CH]1C(P(CCCC)CCCC)=Cc2c(C)ccc(C)c21.[Cl-].[Cl-]. The molecular formula is C38H56Cl2HfP2. The van der Waals surface area contributed by atoms with Crippen LogP contribution in [0.2, 0.25) is 0 Å². The van der Waals surface area contributed by atoms with E-state index in [9.17, 15) is 0 Å². The van der Waals surface area contributed by atoms with Gasteiger partial charge in [-0.15, -0.1) is 0 Å². The van der Waals surface area contributed by atoms with Crippen molar-refractivity contribution < 1.29 is 47.7 Å². The Hall–Kier alpha value is 0.230. The molecule has 0 heterocycles. The molecule has 0 saturated carbocycles. The van der Waals surface area contributed by atoms with Crippen LogP contribution < -0.4 is 24.8 Å². The average Bonchev–Trinajstić information content (AvgIpc) is 3.54. The quantitative estimate of drug-likeness (QED) is 0.131. The van der Waals surface area contributed by atoms with Gasteiger partial charge in [-0.2, -0.15) is 0 Å². The van der Waals surface area contributed by atoms with Gasteiger partial charge >= 0.3 is 269 Å². The molecule has 4 rings (SSSR count). The van der Waals surface area contributed by atoms with Gasteiger partial charge in [0.25, 0.3) is 0 Å². The third-order valence-corrected chi connectivity index (χ3v) is 23.5. The summed E-state index contributed by atoms with van der Waals surface area (Å²) in [6.07, 6.45) is 22.3. The van der Waals surface area contributed by atoms with Gasteiger partial charge in [-0.1, -0.05) is 0 Å². The van der Waals surface area contributed by atoms with Gasteiger partial charge in [0, 0.05) is 0 Å². The van der Waals surface area contributed by atoms with Crippen molar-refractivity contribution in [3.8, 4) is 0 Å². The van der Waals surface area contributed by atoms with Gasteiger partial charge in [-0.25, -0.2) is 0 Å². The van der Waals surface area contributed by atoms with Gasteiger partial charge in [-0.3, -0.25) is 0 Å². The molecule has 0 aromatic heterocycles. The summed E-state index contributed by atoms with van der Waals surface area (Å²) in [4.78, 5) is 0. The van der Waals surface area contributed by atoms with Crippen LogP contribution in [0.1, 0.15) is 131 Å². The molecule has 2 aromatic rings. The van der Waals surface area contributed by atoms with Crippen LogP contribution in [0.15, 0.2) is 34.9 Å². The van der Waals surface area contributed by atoms with Crippen molar-refractivity contribution in [3.05, 3.63) is 79.4 Å². The van der Waals surface area contributed by atoms with Crippen molar-refractivity contribution in [2.24, 2.45) is 0 Å². The summed E-state index contributed by atoms with van der Waals surface area (Å²) in [5.74, 6) is 0.